The number of aromatic nitrogens is 2. The maximum absolute atomic E-state index is 12.9. The van der Waals surface area contributed by atoms with Crippen LogP contribution in [-0.4, -0.2) is 59.3 Å². The zero-order valence-electron chi connectivity index (χ0n) is 14.5. The van der Waals surface area contributed by atoms with Crippen molar-refractivity contribution >= 4 is 16.9 Å². The van der Waals surface area contributed by atoms with Crippen molar-refractivity contribution in [3.05, 3.63) is 36.2 Å². The van der Waals surface area contributed by atoms with Crippen molar-refractivity contribution in [3.8, 4) is 0 Å². The lowest BCUT2D eigenvalue weighted by Gasteiger charge is -2.48. The molecule has 2 fully saturated rings. The Bertz CT molecular complexity index is 771. The fourth-order valence-electron chi connectivity index (χ4n) is 4.07. The Balaban J connectivity index is 1.48. The molecule has 1 atom stereocenters. The van der Waals surface area contributed by atoms with Crippen LogP contribution in [0.3, 0.4) is 0 Å². The number of carbonyl (C=O) groups excluding carboxylic acids is 1. The van der Waals surface area contributed by atoms with Gasteiger partial charge in [0.25, 0.3) is 5.91 Å². The van der Waals surface area contributed by atoms with Crippen LogP contribution in [0.25, 0.3) is 11.0 Å². The number of carbonyl (C=O) groups is 1. The Morgan fingerprint density at radius 2 is 2.00 bits per heavy atom. The van der Waals surface area contributed by atoms with Crippen LogP contribution in [-0.2, 0) is 9.47 Å². The predicted molar refractivity (Wildman–Crippen MR) is 93.4 cm³/mol. The number of hydrogen-bond acceptors (Lipinski definition) is 5. The largest absolute Gasteiger partial charge is 0.378 e. The van der Waals surface area contributed by atoms with Gasteiger partial charge in [-0.25, -0.2) is 0 Å². The van der Waals surface area contributed by atoms with E-state index in [0.29, 0.717) is 18.7 Å². The molecule has 2 aliphatic heterocycles. The van der Waals surface area contributed by atoms with Crippen LogP contribution in [0, 0.1) is 0 Å². The molecule has 6 heteroatoms. The van der Waals surface area contributed by atoms with Crippen molar-refractivity contribution in [1.29, 1.82) is 0 Å². The van der Waals surface area contributed by atoms with Gasteiger partial charge in [-0.15, -0.1) is 0 Å². The first kappa shape index (κ1) is 16.4. The van der Waals surface area contributed by atoms with Crippen LogP contribution in [0.1, 0.15) is 36.0 Å². The zero-order valence-corrected chi connectivity index (χ0v) is 14.5. The van der Waals surface area contributed by atoms with Gasteiger partial charge in [-0.05, 0) is 43.9 Å². The van der Waals surface area contributed by atoms with E-state index < -0.39 is 0 Å². The summed E-state index contributed by atoms with van der Waals surface area (Å²) in [6.07, 6.45) is 7.16. The van der Waals surface area contributed by atoms with Crippen molar-refractivity contribution in [2.45, 2.75) is 37.4 Å². The highest BCUT2D eigenvalue weighted by molar-refractivity contribution is 5.97. The van der Waals surface area contributed by atoms with Gasteiger partial charge < -0.3 is 14.4 Å². The van der Waals surface area contributed by atoms with Gasteiger partial charge in [-0.2, -0.15) is 0 Å². The average molecular weight is 341 g/mol. The molecule has 1 aromatic carbocycles. The van der Waals surface area contributed by atoms with Gasteiger partial charge in [-0.3, -0.25) is 14.8 Å². The van der Waals surface area contributed by atoms with Crippen LogP contribution >= 0.6 is 0 Å². The van der Waals surface area contributed by atoms with Crippen LogP contribution in [0.15, 0.2) is 30.6 Å². The Morgan fingerprint density at radius 1 is 1.24 bits per heavy atom. The fourth-order valence-corrected chi connectivity index (χ4v) is 4.07. The van der Waals surface area contributed by atoms with E-state index in [2.05, 4.69) is 9.97 Å². The summed E-state index contributed by atoms with van der Waals surface area (Å²) in [6, 6.07) is 5.51. The van der Waals surface area contributed by atoms with Gasteiger partial charge >= 0.3 is 0 Å². The van der Waals surface area contributed by atoms with Crippen LogP contribution in [0.5, 0.6) is 0 Å². The first-order chi connectivity index (χ1) is 12.2. The Kier molecular flexibility index (Phi) is 4.39. The molecular formula is C19H23N3O3. The highest BCUT2D eigenvalue weighted by atomic mass is 16.5. The number of rotatable bonds is 2. The number of piperidine rings is 1. The summed E-state index contributed by atoms with van der Waals surface area (Å²) >= 11 is 0. The maximum Gasteiger partial charge on any atom is 0.253 e. The smallest absolute Gasteiger partial charge is 0.253 e. The third kappa shape index (κ3) is 3.00. The molecule has 0 N–H and O–H groups in total. The number of methoxy groups -OCH3 is 1. The zero-order chi connectivity index (χ0) is 17.3. The molecule has 2 aromatic rings. The second kappa shape index (κ2) is 6.69. The molecule has 2 saturated heterocycles. The summed E-state index contributed by atoms with van der Waals surface area (Å²) < 4.78 is 11.8. The Labute approximate surface area is 147 Å². The summed E-state index contributed by atoms with van der Waals surface area (Å²) in [5.74, 6) is 0.0483. The standard InChI is InChI=1S/C19H23N3O3/c1-24-17-3-2-12-25-19(17)6-10-22(11-7-19)18(23)14-4-5-15-16(13-14)21-9-8-20-15/h4-5,8-9,13,17H,2-3,6-7,10-12H2,1H3/t17-/m0/s1. The van der Waals surface area contributed by atoms with Gasteiger partial charge in [-0.1, -0.05) is 0 Å². The molecule has 0 saturated carbocycles. The quantitative estimate of drug-likeness (QED) is 0.839. The van der Waals surface area contributed by atoms with Crippen LogP contribution in [0.2, 0.25) is 0 Å². The predicted octanol–water partition coefficient (Wildman–Crippen LogP) is 2.43. The van der Waals surface area contributed by atoms with Crippen molar-refractivity contribution < 1.29 is 14.3 Å². The topological polar surface area (TPSA) is 64.6 Å². The molecule has 0 bridgehead atoms. The average Bonchev–Trinajstić information content (AvgIpc) is 2.68. The molecule has 1 spiro atoms. The molecule has 6 nitrogen and oxygen atoms in total. The van der Waals surface area contributed by atoms with E-state index in [0.717, 1.165) is 43.3 Å². The lowest BCUT2D eigenvalue weighted by atomic mass is 9.81. The van der Waals surface area contributed by atoms with E-state index in [9.17, 15) is 4.79 Å². The van der Waals surface area contributed by atoms with Crippen LogP contribution < -0.4 is 0 Å². The normalized spacial score (nSPS) is 23.1. The Morgan fingerprint density at radius 3 is 2.76 bits per heavy atom. The lowest BCUT2D eigenvalue weighted by molar-refractivity contribution is -0.183. The summed E-state index contributed by atoms with van der Waals surface area (Å²) in [4.78, 5) is 23.3. The number of benzene rings is 1. The Hall–Kier alpha value is -2.05. The van der Waals surface area contributed by atoms with E-state index in [4.69, 9.17) is 9.47 Å². The highest BCUT2D eigenvalue weighted by Gasteiger charge is 2.45. The van der Waals surface area contributed by atoms with E-state index >= 15 is 0 Å². The molecule has 4 rings (SSSR count). The number of amides is 1. The fraction of sp³-hybridized carbons (Fsp3) is 0.526. The number of hydrogen-bond donors (Lipinski definition) is 0. The highest BCUT2D eigenvalue weighted by Crippen LogP contribution is 2.37. The number of fused-ring (bicyclic) bond motifs is 1. The SMILES string of the molecule is CO[C@H]1CCCOC12CCN(C(=O)c1ccc3nccnc3c1)CC2. The minimum absolute atomic E-state index is 0.0483. The molecular weight excluding hydrogens is 318 g/mol. The van der Waals surface area contributed by atoms with Crippen molar-refractivity contribution in [1.82, 2.24) is 14.9 Å². The summed E-state index contributed by atoms with van der Waals surface area (Å²) in [5.41, 5.74) is 1.99. The molecule has 0 aliphatic carbocycles. The molecule has 2 aliphatic rings. The molecule has 25 heavy (non-hydrogen) atoms. The van der Waals surface area contributed by atoms with E-state index in [-0.39, 0.29) is 17.6 Å². The minimum Gasteiger partial charge on any atom is -0.378 e. The van der Waals surface area contributed by atoms with Crippen molar-refractivity contribution in [3.63, 3.8) is 0 Å². The van der Waals surface area contributed by atoms with Gasteiger partial charge in [0.15, 0.2) is 0 Å². The first-order valence-corrected chi connectivity index (χ1v) is 8.89. The molecule has 1 aromatic heterocycles. The second-order valence-electron chi connectivity index (χ2n) is 6.83. The molecule has 0 unspecified atom stereocenters. The van der Waals surface area contributed by atoms with Crippen molar-refractivity contribution in [2.75, 3.05) is 26.8 Å². The summed E-state index contributed by atoms with van der Waals surface area (Å²) in [6.45, 7) is 2.17. The summed E-state index contributed by atoms with van der Waals surface area (Å²) in [7, 11) is 1.76. The van der Waals surface area contributed by atoms with E-state index in [1.807, 2.05) is 23.1 Å². The number of nitrogens with zero attached hydrogens (tertiary/aromatic N) is 3. The molecule has 3 heterocycles. The maximum atomic E-state index is 12.9. The van der Waals surface area contributed by atoms with Crippen molar-refractivity contribution in [2.24, 2.45) is 0 Å². The molecule has 1 amide bonds. The second-order valence-corrected chi connectivity index (χ2v) is 6.83. The van der Waals surface area contributed by atoms with Gasteiger partial charge in [0.05, 0.1) is 22.7 Å². The minimum atomic E-state index is -0.224. The first-order valence-electron chi connectivity index (χ1n) is 8.89. The van der Waals surface area contributed by atoms with Gasteiger partial charge in [0.1, 0.15) is 0 Å². The van der Waals surface area contributed by atoms with Gasteiger partial charge in [0, 0.05) is 44.8 Å². The third-order valence-corrected chi connectivity index (χ3v) is 5.48. The van der Waals surface area contributed by atoms with E-state index in [1.165, 1.54) is 0 Å². The number of likely N-dealkylation sites (tertiary alicyclic amines) is 1. The van der Waals surface area contributed by atoms with Gasteiger partial charge in [0.2, 0.25) is 0 Å². The summed E-state index contributed by atoms with van der Waals surface area (Å²) in [5, 5.41) is 0. The number of ether oxygens (including phenoxy) is 2. The monoisotopic (exact) mass is 341 g/mol. The van der Waals surface area contributed by atoms with E-state index in [1.54, 1.807) is 19.5 Å². The molecule has 0 radical (unpaired) electrons. The van der Waals surface area contributed by atoms with Crippen LogP contribution in [0.4, 0.5) is 0 Å². The molecule has 132 valence electrons. The lowest BCUT2D eigenvalue weighted by Crippen LogP contribution is -2.56. The third-order valence-electron chi connectivity index (χ3n) is 5.48.